The summed E-state index contributed by atoms with van der Waals surface area (Å²) in [4.78, 5) is 27.4. The third-order valence-corrected chi connectivity index (χ3v) is 3.07. The highest BCUT2D eigenvalue weighted by molar-refractivity contribution is 5.82. The van der Waals surface area contributed by atoms with Crippen molar-refractivity contribution < 1.29 is 4.79 Å². The van der Waals surface area contributed by atoms with Crippen LogP contribution in [0, 0.1) is 5.92 Å². The van der Waals surface area contributed by atoms with Crippen molar-refractivity contribution in [3.63, 3.8) is 0 Å². The summed E-state index contributed by atoms with van der Waals surface area (Å²) in [5, 5.41) is 2.85. The van der Waals surface area contributed by atoms with Crippen molar-refractivity contribution in [3.05, 3.63) is 22.7 Å². The van der Waals surface area contributed by atoms with E-state index in [0.717, 1.165) is 12.8 Å². The molecule has 0 spiro atoms. The Morgan fingerprint density at radius 2 is 2.22 bits per heavy atom. The van der Waals surface area contributed by atoms with Gasteiger partial charge in [0.25, 0.3) is 5.56 Å². The second kappa shape index (κ2) is 4.80. The molecular formula is C12H18N4O2. The van der Waals surface area contributed by atoms with Gasteiger partial charge in [-0.05, 0) is 18.8 Å². The number of nitrogens with two attached hydrogens (primary N) is 1. The molecule has 1 atom stereocenters. The van der Waals surface area contributed by atoms with Gasteiger partial charge in [-0.3, -0.25) is 9.59 Å². The second-order valence-electron chi connectivity index (χ2n) is 4.99. The van der Waals surface area contributed by atoms with E-state index < -0.39 is 11.9 Å². The number of hydrogen-bond acceptors (Lipinski definition) is 4. The van der Waals surface area contributed by atoms with Gasteiger partial charge in [-0.1, -0.05) is 13.8 Å². The van der Waals surface area contributed by atoms with Crippen LogP contribution in [0.25, 0.3) is 0 Å². The molecule has 0 aliphatic heterocycles. The average molecular weight is 250 g/mol. The number of primary amides is 1. The van der Waals surface area contributed by atoms with Gasteiger partial charge in [0.05, 0.1) is 0 Å². The van der Waals surface area contributed by atoms with Gasteiger partial charge in [-0.25, -0.2) is 4.98 Å². The molecule has 1 heterocycles. The molecule has 18 heavy (non-hydrogen) atoms. The van der Waals surface area contributed by atoms with Crippen LogP contribution in [0.15, 0.2) is 17.2 Å². The number of aromatic nitrogens is 2. The number of anilines is 1. The summed E-state index contributed by atoms with van der Waals surface area (Å²) in [5.41, 5.74) is 5.12. The van der Waals surface area contributed by atoms with Gasteiger partial charge in [0.1, 0.15) is 6.04 Å². The van der Waals surface area contributed by atoms with Crippen LogP contribution in [0.4, 0.5) is 5.82 Å². The van der Waals surface area contributed by atoms with E-state index in [4.69, 9.17) is 5.73 Å². The summed E-state index contributed by atoms with van der Waals surface area (Å²) in [6, 6.07) is -0.299. The number of nitrogens with zero attached hydrogens (tertiary/aromatic N) is 2. The Kier molecular flexibility index (Phi) is 3.36. The lowest BCUT2D eigenvalue weighted by atomic mass is 10.0. The Hall–Kier alpha value is -1.85. The van der Waals surface area contributed by atoms with E-state index in [9.17, 15) is 9.59 Å². The number of amides is 1. The van der Waals surface area contributed by atoms with Gasteiger partial charge in [0.2, 0.25) is 5.91 Å². The van der Waals surface area contributed by atoms with Gasteiger partial charge in [0.15, 0.2) is 5.82 Å². The van der Waals surface area contributed by atoms with Crippen LogP contribution >= 0.6 is 0 Å². The van der Waals surface area contributed by atoms with Crippen molar-refractivity contribution in [2.45, 2.75) is 38.8 Å². The first-order chi connectivity index (χ1) is 8.50. The van der Waals surface area contributed by atoms with Crippen LogP contribution in [0.1, 0.15) is 32.7 Å². The molecule has 98 valence electrons. The lowest BCUT2D eigenvalue weighted by Gasteiger charge is -2.19. The topological polar surface area (TPSA) is 90.0 Å². The van der Waals surface area contributed by atoms with Crippen molar-refractivity contribution in [2.75, 3.05) is 5.32 Å². The molecule has 1 amide bonds. The average Bonchev–Trinajstić information content (AvgIpc) is 3.10. The van der Waals surface area contributed by atoms with Crippen LogP contribution in [-0.4, -0.2) is 21.5 Å². The summed E-state index contributed by atoms with van der Waals surface area (Å²) in [6.45, 7) is 3.73. The number of hydrogen-bond donors (Lipinski definition) is 2. The quantitative estimate of drug-likeness (QED) is 0.796. The molecule has 1 aliphatic rings. The fourth-order valence-corrected chi connectivity index (χ4v) is 1.88. The normalized spacial score (nSPS) is 16.6. The second-order valence-corrected chi connectivity index (χ2v) is 4.99. The van der Waals surface area contributed by atoms with Crippen LogP contribution in [0.3, 0.4) is 0 Å². The highest BCUT2D eigenvalue weighted by Crippen LogP contribution is 2.33. The van der Waals surface area contributed by atoms with E-state index >= 15 is 0 Å². The van der Waals surface area contributed by atoms with Crippen molar-refractivity contribution in [1.82, 2.24) is 9.55 Å². The van der Waals surface area contributed by atoms with E-state index in [-0.39, 0.29) is 23.3 Å². The monoisotopic (exact) mass is 250 g/mol. The predicted molar refractivity (Wildman–Crippen MR) is 68.2 cm³/mol. The smallest absolute Gasteiger partial charge is 0.293 e. The maximum absolute atomic E-state index is 12.1. The molecule has 2 rings (SSSR count). The van der Waals surface area contributed by atoms with Gasteiger partial charge in [-0.15, -0.1) is 0 Å². The van der Waals surface area contributed by atoms with Crippen molar-refractivity contribution in [1.29, 1.82) is 0 Å². The number of rotatable bonds is 5. The van der Waals surface area contributed by atoms with E-state index in [0.29, 0.717) is 0 Å². The maximum atomic E-state index is 12.1. The lowest BCUT2D eigenvalue weighted by molar-refractivity contribution is -0.119. The minimum absolute atomic E-state index is 0.00159. The first kappa shape index (κ1) is 12.6. The van der Waals surface area contributed by atoms with Crippen molar-refractivity contribution in [2.24, 2.45) is 11.7 Å². The fraction of sp³-hybridized carbons (Fsp3) is 0.583. The van der Waals surface area contributed by atoms with Crippen LogP contribution in [0.2, 0.25) is 0 Å². The Morgan fingerprint density at radius 1 is 1.56 bits per heavy atom. The minimum Gasteiger partial charge on any atom is -0.368 e. The zero-order valence-corrected chi connectivity index (χ0v) is 10.6. The first-order valence-corrected chi connectivity index (χ1v) is 6.13. The molecule has 0 radical (unpaired) electrons. The Balaban J connectivity index is 2.25. The SMILES string of the molecule is CC(C)C(Nc1nccn(C2CC2)c1=O)C(N)=O. The summed E-state index contributed by atoms with van der Waals surface area (Å²) in [5.74, 6) is -0.284. The molecule has 0 saturated heterocycles. The van der Waals surface area contributed by atoms with E-state index in [1.165, 1.54) is 0 Å². The zero-order chi connectivity index (χ0) is 13.3. The van der Waals surface area contributed by atoms with Crippen molar-refractivity contribution in [3.8, 4) is 0 Å². The van der Waals surface area contributed by atoms with E-state index in [2.05, 4.69) is 10.3 Å². The third kappa shape index (κ3) is 2.52. The molecular weight excluding hydrogens is 232 g/mol. The Labute approximate surface area is 105 Å². The predicted octanol–water partition coefficient (Wildman–Crippen LogP) is 0.500. The summed E-state index contributed by atoms with van der Waals surface area (Å²) >= 11 is 0. The van der Waals surface area contributed by atoms with Gasteiger partial charge >= 0.3 is 0 Å². The van der Waals surface area contributed by atoms with Crippen LogP contribution in [-0.2, 0) is 4.79 Å². The third-order valence-electron chi connectivity index (χ3n) is 3.07. The molecule has 1 aromatic rings. The fourth-order valence-electron chi connectivity index (χ4n) is 1.88. The summed E-state index contributed by atoms with van der Waals surface area (Å²) in [6.07, 6.45) is 5.29. The molecule has 0 bridgehead atoms. The molecule has 1 saturated carbocycles. The van der Waals surface area contributed by atoms with E-state index in [1.807, 2.05) is 13.8 Å². The van der Waals surface area contributed by atoms with Crippen LogP contribution in [0.5, 0.6) is 0 Å². The molecule has 1 unspecified atom stereocenters. The highest BCUT2D eigenvalue weighted by Gasteiger charge is 2.26. The zero-order valence-electron chi connectivity index (χ0n) is 10.6. The van der Waals surface area contributed by atoms with Gasteiger partial charge in [-0.2, -0.15) is 0 Å². The number of carbonyl (C=O) groups excluding carboxylic acids is 1. The van der Waals surface area contributed by atoms with Crippen molar-refractivity contribution >= 4 is 11.7 Å². The van der Waals surface area contributed by atoms with E-state index in [1.54, 1.807) is 17.0 Å². The molecule has 6 nitrogen and oxygen atoms in total. The highest BCUT2D eigenvalue weighted by atomic mass is 16.1. The molecule has 1 aliphatic carbocycles. The minimum atomic E-state index is -0.583. The molecule has 3 N–H and O–H groups in total. The summed E-state index contributed by atoms with van der Waals surface area (Å²) in [7, 11) is 0. The molecule has 6 heteroatoms. The largest absolute Gasteiger partial charge is 0.368 e. The summed E-state index contributed by atoms with van der Waals surface area (Å²) < 4.78 is 1.66. The Morgan fingerprint density at radius 3 is 2.72 bits per heavy atom. The van der Waals surface area contributed by atoms with Gasteiger partial charge in [0, 0.05) is 18.4 Å². The molecule has 1 aromatic heterocycles. The number of carbonyl (C=O) groups is 1. The standard InChI is InChI=1S/C12H18N4O2/c1-7(2)9(10(13)17)15-11-12(18)16(6-5-14-11)8-3-4-8/h5-9H,3-4H2,1-2H3,(H2,13,17)(H,14,15). The lowest BCUT2D eigenvalue weighted by Crippen LogP contribution is -2.41. The maximum Gasteiger partial charge on any atom is 0.293 e. The molecule has 1 fully saturated rings. The first-order valence-electron chi connectivity index (χ1n) is 6.13. The Bertz CT molecular complexity index is 505. The molecule has 0 aromatic carbocycles. The van der Waals surface area contributed by atoms with Gasteiger partial charge < -0.3 is 15.6 Å². The van der Waals surface area contributed by atoms with Crippen LogP contribution < -0.4 is 16.6 Å². The number of nitrogens with one attached hydrogen (secondary N) is 1.